The monoisotopic (exact) mass is 343 g/mol. The molecule has 2 fully saturated rings. The summed E-state index contributed by atoms with van der Waals surface area (Å²) in [4.78, 5) is 19.6. The second-order valence-corrected chi connectivity index (χ2v) is 6.12. The summed E-state index contributed by atoms with van der Waals surface area (Å²) in [6, 6.07) is 2.62. The number of anilines is 1. The molecule has 5 nitrogen and oxygen atoms in total. The first-order chi connectivity index (χ1) is 11.4. The van der Waals surface area contributed by atoms with Crippen molar-refractivity contribution in [3.05, 3.63) is 24.0 Å². The van der Waals surface area contributed by atoms with Crippen molar-refractivity contribution in [3.63, 3.8) is 0 Å². The lowest BCUT2D eigenvalue weighted by molar-refractivity contribution is -0.141. The minimum Gasteiger partial charge on any atom is -0.378 e. The van der Waals surface area contributed by atoms with E-state index in [-0.39, 0.29) is 11.8 Å². The van der Waals surface area contributed by atoms with Gasteiger partial charge in [0.2, 0.25) is 5.91 Å². The predicted molar refractivity (Wildman–Crippen MR) is 81.6 cm³/mol. The summed E-state index contributed by atoms with van der Waals surface area (Å²) in [5, 5.41) is 0. The van der Waals surface area contributed by atoms with Gasteiger partial charge in [0.15, 0.2) is 0 Å². The summed E-state index contributed by atoms with van der Waals surface area (Å²) >= 11 is 0. The second kappa shape index (κ2) is 6.96. The molecule has 0 N–H and O–H groups in total. The maximum Gasteiger partial charge on any atom is 0.433 e. The fraction of sp³-hybridized carbons (Fsp3) is 0.625. The molecule has 0 aliphatic carbocycles. The molecular weight excluding hydrogens is 323 g/mol. The van der Waals surface area contributed by atoms with E-state index in [4.69, 9.17) is 4.74 Å². The van der Waals surface area contributed by atoms with Gasteiger partial charge in [-0.1, -0.05) is 0 Å². The van der Waals surface area contributed by atoms with E-state index in [9.17, 15) is 18.0 Å². The molecule has 24 heavy (non-hydrogen) atoms. The zero-order valence-corrected chi connectivity index (χ0v) is 13.3. The number of aromatic nitrogens is 1. The molecule has 0 saturated carbocycles. The van der Waals surface area contributed by atoms with Crippen molar-refractivity contribution < 1.29 is 22.7 Å². The number of rotatable bonds is 2. The summed E-state index contributed by atoms with van der Waals surface area (Å²) in [5.41, 5.74) is -0.432. The number of hydrogen-bond donors (Lipinski definition) is 0. The smallest absolute Gasteiger partial charge is 0.378 e. The van der Waals surface area contributed by atoms with Crippen LogP contribution in [0.5, 0.6) is 0 Å². The van der Waals surface area contributed by atoms with Gasteiger partial charge in [-0.25, -0.2) is 0 Å². The minimum atomic E-state index is -4.46. The Morgan fingerprint density at radius 2 is 2.00 bits per heavy atom. The van der Waals surface area contributed by atoms with E-state index in [2.05, 4.69) is 4.98 Å². The van der Waals surface area contributed by atoms with Crippen molar-refractivity contribution in [3.8, 4) is 0 Å². The Morgan fingerprint density at radius 1 is 1.25 bits per heavy atom. The Bertz CT molecular complexity index is 588. The van der Waals surface area contributed by atoms with Crippen LogP contribution < -0.4 is 4.90 Å². The molecule has 1 aromatic rings. The van der Waals surface area contributed by atoms with E-state index in [0.717, 1.165) is 18.9 Å². The van der Waals surface area contributed by atoms with Crippen LogP contribution in [0, 0.1) is 5.92 Å². The molecule has 132 valence electrons. The number of carbonyl (C=O) groups is 1. The topological polar surface area (TPSA) is 45.7 Å². The van der Waals surface area contributed by atoms with Crippen molar-refractivity contribution in [2.24, 2.45) is 5.92 Å². The third kappa shape index (κ3) is 3.80. The summed E-state index contributed by atoms with van der Waals surface area (Å²) in [7, 11) is 0. The van der Waals surface area contributed by atoms with Crippen molar-refractivity contribution in [2.75, 3.05) is 44.3 Å². The molecule has 2 aliphatic rings. The predicted octanol–water partition coefficient (Wildman–Crippen LogP) is 2.18. The first-order valence-electron chi connectivity index (χ1n) is 8.10. The van der Waals surface area contributed by atoms with Crippen LogP contribution in [0.4, 0.5) is 18.9 Å². The lowest BCUT2D eigenvalue weighted by atomic mass is 9.96. The van der Waals surface area contributed by atoms with Crippen molar-refractivity contribution in [2.45, 2.75) is 19.0 Å². The third-order valence-corrected chi connectivity index (χ3v) is 4.49. The van der Waals surface area contributed by atoms with Gasteiger partial charge >= 0.3 is 6.18 Å². The Balaban J connectivity index is 1.70. The molecule has 1 unspecified atom stereocenters. The van der Waals surface area contributed by atoms with E-state index in [1.807, 2.05) is 4.90 Å². The molecule has 1 atom stereocenters. The number of morpholine rings is 1. The number of piperidine rings is 1. The molecule has 1 aromatic heterocycles. The van der Waals surface area contributed by atoms with Gasteiger partial charge in [0.1, 0.15) is 5.69 Å². The van der Waals surface area contributed by atoms with Crippen LogP contribution in [-0.4, -0.2) is 55.2 Å². The van der Waals surface area contributed by atoms with E-state index in [1.54, 1.807) is 11.0 Å². The van der Waals surface area contributed by atoms with Crippen LogP contribution >= 0.6 is 0 Å². The molecule has 3 rings (SSSR count). The highest BCUT2D eigenvalue weighted by atomic mass is 19.4. The molecule has 2 aliphatic heterocycles. The Hall–Kier alpha value is -1.83. The standard InChI is InChI=1S/C16H20F3N3O2/c17-16(18,19)14-10-13(3-4-20-14)22-5-1-2-12(11-22)15(23)21-6-8-24-9-7-21/h3-4,10,12H,1-2,5-9,11H2. The minimum absolute atomic E-state index is 0.0769. The lowest BCUT2D eigenvalue weighted by Crippen LogP contribution is -2.48. The first kappa shape index (κ1) is 17.0. The Morgan fingerprint density at radius 3 is 2.71 bits per heavy atom. The van der Waals surface area contributed by atoms with Crippen LogP contribution in [0.3, 0.4) is 0 Å². The summed E-state index contributed by atoms with van der Waals surface area (Å²) in [6.45, 7) is 3.35. The van der Waals surface area contributed by atoms with Crippen LogP contribution in [0.25, 0.3) is 0 Å². The zero-order valence-electron chi connectivity index (χ0n) is 13.3. The molecule has 0 spiro atoms. The van der Waals surface area contributed by atoms with Gasteiger partial charge in [0.25, 0.3) is 0 Å². The number of halogens is 3. The highest BCUT2D eigenvalue weighted by Gasteiger charge is 2.34. The highest BCUT2D eigenvalue weighted by Crippen LogP contribution is 2.31. The maximum absolute atomic E-state index is 12.8. The van der Waals surface area contributed by atoms with E-state index >= 15 is 0 Å². The first-order valence-corrected chi connectivity index (χ1v) is 8.10. The van der Waals surface area contributed by atoms with Gasteiger partial charge in [0.05, 0.1) is 19.1 Å². The molecule has 1 amide bonds. The largest absolute Gasteiger partial charge is 0.433 e. The van der Waals surface area contributed by atoms with Crippen molar-refractivity contribution >= 4 is 11.6 Å². The van der Waals surface area contributed by atoms with Crippen LogP contribution in [0.1, 0.15) is 18.5 Å². The van der Waals surface area contributed by atoms with Crippen molar-refractivity contribution in [1.29, 1.82) is 0 Å². The molecular formula is C16H20F3N3O2. The maximum atomic E-state index is 12.8. The molecule has 8 heteroatoms. The number of amides is 1. The summed E-state index contributed by atoms with van der Waals surface area (Å²) in [5.74, 6) is -0.104. The number of carbonyl (C=O) groups excluding carboxylic acids is 1. The molecule has 0 bridgehead atoms. The highest BCUT2D eigenvalue weighted by molar-refractivity contribution is 5.80. The Kier molecular flexibility index (Phi) is 4.93. The van der Waals surface area contributed by atoms with Gasteiger partial charge in [-0.05, 0) is 25.0 Å². The summed E-state index contributed by atoms with van der Waals surface area (Å²) in [6.07, 6.45) is -1.74. The number of hydrogen-bond acceptors (Lipinski definition) is 4. The van der Waals surface area contributed by atoms with E-state index in [0.29, 0.717) is 45.1 Å². The average Bonchev–Trinajstić information content (AvgIpc) is 2.61. The zero-order chi connectivity index (χ0) is 17.2. The van der Waals surface area contributed by atoms with Crippen LogP contribution in [0.15, 0.2) is 18.3 Å². The summed E-state index contributed by atoms with van der Waals surface area (Å²) < 4.78 is 43.7. The van der Waals surface area contributed by atoms with E-state index in [1.165, 1.54) is 6.20 Å². The van der Waals surface area contributed by atoms with Gasteiger partial charge in [-0.3, -0.25) is 9.78 Å². The molecule has 0 radical (unpaired) electrons. The van der Waals surface area contributed by atoms with Gasteiger partial charge in [-0.15, -0.1) is 0 Å². The van der Waals surface area contributed by atoms with Gasteiger partial charge in [-0.2, -0.15) is 13.2 Å². The van der Waals surface area contributed by atoms with Crippen LogP contribution in [0.2, 0.25) is 0 Å². The number of pyridine rings is 1. The van der Waals surface area contributed by atoms with Gasteiger partial charge in [0, 0.05) is 38.1 Å². The van der Waals surface area contributed by atoms with E-state index < -0.39 is 11.9 Å². The molecule has 0 aromatic carbocycles. The fourth-order valence-electron chi connectivity index (χ4n) is 3.23. The fourth-order valence-corrected chi connectivity index (χ4v) is 3.23. The lowest BCUT2D eigenvalue weighted by Gasteiger charge is -2.37. The Labute approximate surface area is 138 Å². The second-order valence-electron chi connectivity index (χ2n) is 6.12. The SMILES string of the molecule is O=C(C1CCCN(c2ccnc(C(F)(F)F)c2)C1)N1CCOCC1. The van der Waals surface area contributed by atoms with Crippen LogP contribution in [-0.2, 0) is 15.7 Å². The normalized spacial score (nSPS) is 22.5. The number of alkyl halides is 3. The number of ether oxygens (including phenoxy) is 1. The number of nitrogens with zero attached hydrogens (tertiary/aromatic N) is 3. The average molecular weight is 343 g/mol. The van der Waals surface area contributed by atoms with Crippen molar-refractivity contribution in [1.82, 2.24) is 9.88 Å². The quantitative estimate of drug-likeness (QED) is 0.826. The third-order valence-electron chi connectivity index (χ3n) is 4.49. The molecule has 2 saturated heterocycles. The molecule has 3 heterocycles. The van der Waals surface area contributed by atoms with Gasteiger partial charge < -0.3 is 14.5 Å².